The third-order valence-corrected chi connectivity index (χ3v) is 5.97. The average Bonchev–Trinajstić information content (AvgIpc) is 3.27. The summed E-state index contributed by atoms with van der Waals surface area (Å²) in [5, 5.41) is 2.83. The van der Waals surface area contributed by atoms with Gasteiger partial charge in [0.2, 0.25) is 23.6 Å². The van der Waals surface area contributed by atoms with Gasteiger partial charge >= 0.3 is 0 Å². The lowest BCUT2D eigenvalue weighted by molar-refractivity contribution is -0.140. The normalized spacial score (nSPS) is 23.7. The number of nitrogens with one attached hydrogen (secondary N) is 1. The fraction of sp³-hybridized carbons (Fsp3) is 0.455. The highest BCUT2D eigenvalue weighted by molar-refractivity contribution is 6.05. The van der Waals surface area contributed by atoms with Crippen molar-refractivity contribution in [3.63, 3.8) is 0 Å². The largest absolute Gasteiger partial charge is 0.352 e. The maximum atomic E-state index is 12.4. The van der Waals surface area contributed by atoms with Crippen LogP contribution in [-0.2, 0) is 25.7 Å². The van der Waals surface area contributed by atoms with Crippen LogP contribution in [0, 0.1) is 11.8 Å². The maximum Gasteiger partial charge on any atom is 0.233 e. The molecule has 2 aliphatic heterocycles. The van der Waals surface area contributed by atoms with Crippen LogP contribution in [0.4, 0.5) is 5.69 Å². The molecule has 1 aromatic carbocycles. The molecule has 0 aromatic heterocycles. The van der Waals surface area contributed by atoms with Gasteiger partial charge < -0.3 is 10.2 Å². The zero-order valence-electron chi connectivity index (χ0n) is 16.3. The van der Waals surface area contributed by atoms with Crippen molar-refractivity contribution in [2.45, 2.75) is 38.6 Å². The van der Waals surface area contributed by atoms with Crippen LogP contribution in [0.3, 0.4) is 0 Å². The minimum absolute atomic E-state index is 0.102. The number of hydrogen-bond donors (Lipinski definition) is 1. The zero-order valence-corrected chi connectivity index (χ0v) is 16.3. The molecule has 1 aliphatic carbocycles. The minimum atomic E-state index is -0.253. The standard InChI is InChI=1S/C22H25N3O4/c26-19(11-13-25-21(28)17-4-1-2-5-18(17)22(25)29)23-14-15-7-9-16(10-8-15)24-12-3-6-20(24)27/h1-2,7-10,17-18H,3-6,11-14H2,(H,23,26). The third kappa shape index (κ3) is 3.95. The molecule has 7 heteroatoms. The number of anilines is 1. The lowest BCUT2D eigenvalue weighted by atomic mass is 9.85. The van der Waals surface area contributed by atoms with E-state index in [-0.39, 0.29) is 48.4 Å². The first-order valence-electron chi connectivity index (χ1n) is 10.2. The summed E-state index contributed by atoms with van der Waals surface area (Å²) >= 11 is 0. The zero-order chi connectivity index (χ0) is 20.4. The van der Waals surface area contributed by atoms with E-state index >= 15 is 0 Å². The summed E-state index contributed by atoms with van der Waals surface area (Å²) in [5.74, 6) is -0.855. The summed E-state index contributed by atoms with van der Waals surface area (Å²) in [7, 11) is 0. The van der Waals surface area contributed by atoms with Gasteiger partial charge in [-0.3, -0.25) is 24.1 Å². The molecule has 0 radical (unpaired) electrons. The average molecular weight is 395 g/mol. The number of rotatable bonds is 6. The molecule has 0 saturated carbocycles. The predicted molar refractivity (Wildman–Crippen MR) is 107 cm³/mol. The Morgan fingerprint density at radius 1 is 1.00 bits per heavy atom. The summed E-state index contributed by atoms with van der Waals surface area (Å²) in [4.78, 5) is 51.9. The summed E-state index contributed by atoms with van der Waals surface area (Å²) in [6, 6.07) is 7.57. The molecule has 2 atom stereocenters. The molecular weight excluding hydrogens is 370 g/mol. The van der Waals surface area contributed by atoms with E-state index in [0.29, 0.717) is 25.8 Å². The number of carbonyl (C=O) groups is 4. The minimum Gasteiger partial charge on any atom is -0.352 e. The maximum absolute atomic E-state index is 12.4. The van der Waals surface area contributed by atoms with Crippen molar-refractivity contribution in [2.24, 2.45) is 11.8 Å². The fourth-order valence-corrected chi connectivity index (χ4v) is 4.31. The van der Waals surface area contributed by atoms with E-state index in [2.05, 4.69) is 5.32 Å². The van der Waals surface area contributed by atoms with Crippen LogP contribution in [0.25, 0.3) is 0 Å². The number of amides is 4. The molecule has 1 N–H and O–H groups in total. The first-order chi connectivity index (χ1) is 14.0. The van der Waals surface area contributed by atoms with Gasteiger partial charge in [-0.1, -0.05) is 24.3 Å². The van der Waals surface area contributed by atoms with Crippen LogP contribution in [-0.4, -0.2) is 41.6 Å². The van der Waals surface area contributed by atoms with Gasteiger partial charge in [0.1, 0.15) is 0 Å². The lowest BCUT2D eigenvalue weighted by Crippen LogP contribution is -2.35. The molecule has 152 valence electrons. The van der Waals surface area contributed by atoms with Crippen LogP contribution in [0.2, 0.25) is 0 Å². The van der Waals surface area contributed by atoms with Crippen molar-refractivity contribution in [2.75, 3.05) is 18.0 Å². The second-order valence-corrected chi connectivity index (χ2v) is 7.83. The number of carbonyl (C=O) groups excluding carboxylic acids is 4. The number of hydrogen-bond acceptors (Lipinski definition) is 4. The van der Waals surface area contributed by atoms with Crippen LogP contribution in [0.15, 0.2) is 36.4 Å². The first kappa shape index (κ1) is 19.4. The van der Waals surface area contributed by atoms with Crippen molar-refractivity contribution in [1.82, 2.24) is 10.2 Å². The highest BCUT2D eigenvalue weighted by Crippen LogP contribution is 2.35. The molecule has 0 spiro atoms. The second-order valence-electron chi connectivity index (χ2n) is 7.83. The van der Waals surface area contributed by atoms with Crippen molar-refractivity contribution < 1.29 is 19.2 Å². The second kappa shape index (κ2) is 8.19. The van der Waals surface area contributed by atoms with Gasteiger partial charge in [0.25, 0.3) is 0 Å². The van der Waals surface area contributed by atoms with Gasteiger partial charge in [-0.25, -0.2) is 0 Å². The van der Waals surface area contributed by atoms with Crippen molar-refractivity contribution in [1.29, 1.82) is 0 Å². The molecule has 3 aliphatic rings. The SMILES string of the molecule is O=C(CCN1C(=O)C2CC=CCC2C1=O)NCc1ccc(N2CCCC2=O)cc1. The molecule has 4 rings (SSSR count). The Labute approximate surface area is 169 Å². The van der Waals surface area contributed by atoms with E-state index in [1.807, 2.05) is 36.4 Å². The van der Waals surface area contributed by atoms with Crippen LogP contribution in [0.1, 0.15) is 37.7 Å². The van der Waals surface area contributed by atoms with E-state index in [0.717, 1.165) is 24.2 Å². The Morgan fingerprint density at radius 3 is 2.24 bits per heavy atom. The van der Waals surface area contributed by atoms with Gasteiger partial charge in [0, 0.05) is 38.2 Å². The molecular formula is C22H25N3O4. The van der Waals surface area contributed by atoms with E-state index in [4.69, 9.17) is 0 Å². The number of imide groups is 1. The Kier molecular flexibility index (Phi) is 5.47. The number of benzene rings is 1. The molecule has 0 bridgehead atoms. The van der Waals surface area contributed by atoms with Crippen molar-refractivity contribution in [3.8, 4) is 0 Å². The molecule has 2 saturated heterocycles. The third-order valence-electron chi connectivity index (χ3n) is 5.97. The van der Waals surface area contributed by atoms with E-state index in [9.17, 15) is 19.2 Å². The number of fused-ring (bicyclic) bond motifs is 1. The van der Waals surface area contributed by atoms with Gasteiger partial charge in [-0.15, -0.1) is 0 Å². The smallest absolute Gasteiger partial charge is 0.233 e. The Morgan fingerprint density at radius 2 is 1.66 bits per heavy atom. The quantitative estimate of drug-likeness (QED) is 0.588. The van der Waals surface area contributed by atoms with Crippen LogP contribution in [0.5, 0.6) is 0 Å². The molecule has 7 nitrogen and oxygen atoms in total. The Bertz CT molecular complexity index is 835. The monoisotopic (exact) mass is 395 g/mol. The molecule has 2 heterocycles. The summed E-state index contributed by atoms with van der Waals surface area (Å²) in [6.07, 6.45) is 6.70. The summed E-state index contributed by atoms with van der Waals surface area (Å²) in [6.45, 7) is 1.25. The number of allylic oxidation sites excluding steroid dienone is 2. The van der Waals surface area contributed by atoms with Gasteiger partial charge in [-0.05, 0) is 37.0 Å². The van der Waals surface area contributed by atoms with Crippen molar-refractivity contribution in [3.05, 3.63) is 42.0 Å². The lowest BCUT2D eigenvalue weighted by Gasteiger charge is -2.16. The van der Waals surface area contributed by atoms with Crippen LogP contribution < -0.4 is 10.2 Å². The Balaban J connectivity index is 1.25. The molecule has 4 amide bonds. The summed E-state index contributed by atoms with van der Waals surface area (Å²) < 4.78 is 0. The van der Waals surface area contributed by atoms with Gasteiger partial charge in [0.15, 0.2) is 0 Å². The van der Waals surface area contributed by atoms with E-state index in [1.165, 1.54) is 4.90 Å². The Hall–Kier alpha value is -2.96. The number of nitrogens with zero attached hydrogens (tertiary/aromatic N) is 2. The summed E-state index contributed by atoms with van der Waals surface area (Å²) in [5.41, 5.74) is 1.81. The first-order valence-corrected chi connectivity index (χ1v) is 10.2. The molecule has 2 fully saturated rings. The predicted octanol–water partition coefficient (Wildman–Crippen LogP) is 1.77. The highest BCUT2D eigenvalue weighted by Gasteiger charge is 2.46. The number of likely N-dealkylation sites (tertiary alicyclic amines) is 1. The van der Waals surface area contributed by atoms with E-state index in [1.54, 1.807) is 4.90 Å². The van der Waals surface area contributed by atoms with Gasteiger partial charge in [0.05, 0.1) is 11.8 Å². The van der Waals surface area contributed by atoms with Crippen LogP contribution >= 0.6 is 0 Å². The van der Waals surface area contributed by atoms with Crippen molar-refractivity contribution >= 4 is 29.3 Å². The molecule has 2 unspecified atom stereocenters. The topological polar surface area (TPSA) is 86.8 Å². The fourth-order valence-electron chi connectivity index (χ4n) is 4.31. The molecule has 29 heavy (non-hydrogen) atoms. The van der Waals surface area contributed by atoms with E-state index < -0.39 is 0 Å². The molecule has 1 aromatic rings. The highest BCUT2D eigenvalue weighted by atomic mass is 16.2. The van der Waals surface area contributed by atoms with Gasteiger partial charge in [-0.2, -0.15) is 0 Å².